The smallest absolute Gasteiger partial charge is 0.0226 e. The van der Waals surface area contributed by atoms with Crippen LogP contribution in [0.15, 0.2) is 0 Å². The first-order valence-corrected chi connectivity index (χ1v) is 7.58. The Morgan fingerprint density at radius 1 is 1.20 bits per heavy atom. The lowest BCUT2D eigenvalue weighted by Gasteiger charge is -2.39. The van der Waals surface area contributed by atoms with Gasteiger partial charge in [-0.2, -0.15) is 11.8 Å². The normalized spacial score (nSPS) is 36.8. The van der Waals surface area contributed by atoms with Crippen molar-refractivity contribution in [2.45, 2.75) is 58.2 Å². The second-order valence-electron chi connectivity index (χ2n) is 5.05. The zero-order valence-corrected chi connectivity index (χ0v) is 11.6. The zero-order valence-electron chi connectivity index (χ0n) is 10.8. The average Bonchev–Trinajstić information content (AvgIpc) is 2.17. The van der Waals surface area contributed by atoms with Gasteiger partial charge in [0.05, 0.1) is 0 Å². The molecular weight excluding hydrogens is 202 g/mol. The Labute approximate surface area is 99.8 Å². The van der Waals surface area contributed by atoms with Crippen molar-refractivity contribution in [1.29, 1.82) is 0 Å². The molecule has 1 rings (SSSR count). The molecule has 0 aromatic rings. The molecule has 0 heterocycles. The fourth-order valence-corrected chi connectivity index (χ4v) is 4.21. The number of hydrogen-bond acceptors (Lipinski definition) is 2. The highest BCUT2D eigenvalue weighted by atomic mass is 32.2. The Morgan fingerprint density at radius 2 is 1.93 bits per heavy atom. The van der Waals surface area contributed by atoms with E-state index >= 15 is 0 Å². The van der Waals surface area contributed by atoms with E-state index in [0.29, 0.717) is 0 Å². The Hall–Kier alpha value is 0.310. The third-order valence-corrected chi connectivity index (χ3v) is 5.19. The first-order valence-electron chi connectivity index (χ1n) is 6.54. The Morgan fingerprint density at radius 3 is 2.53 bits per heavy atom. The minimum atomic E-state index is 0.755. The molecule has 15 heavy (non-hydrogen) atoms. The van der Waals surface area contributed by atoms with Gasteiger partial charge in [0.15, 0.2) is 0 Å². The molecule has 1 saturated carbocycles. The molecule has 0 bridgehead atoms. The standard InChI is InChI=1S/C13H27NS/c1-5-7-15-13-11(4)8-10(3)9-12(13)14-6-2/h10-14H,5-9H2,1-4H3. The first kappa shape index (κ1) is 13.4. The summed E-state index contributed by atoms with van der Waals surface area (Å²) in [5, 5.41) is 4.53. The molecule has 0 spiro atoms. The summed E-state index contributed by atoms with van der Waals surface area (Å²) in [5.74, 6) is 3.11. The molecule has 2 heteroatoms. The largest absolute Gasteiger partial charge is 0.313 e. The minimum Gasteiger partial charge on any atom is -0.313 e. The van der Waals surface area contributed by atoms with Gasteiger partial charge in [-0.05, 0) is 43.4 Å². The Kier molecular flexibility index (Phi) is 6.06. The van der Waals surface area contributed by atoms with Gasteiger partial charge in [-0.25, -0.2) is 0 Å². The van der Waals surface area contributed by atoms with Crippen LogP contribution < -0.4 is 5.32 Å². The molecule has 0 aromatic heterocycles. The zero-order chi connectivity index (χ0) is 11.3. The van der Waals surface area contributed by atoms with Crippen LogP contribution in [0, 0.1) is 11.8 Å². The van der Waals surface area contributed by atoms with Crippen LogP contribution >= 0.6 is 11.8 Å². The van der Waals surface area contributed by atoms with Crippen molar-refractivity contribution in [2.75, 3.05) is 12.3 Å². The fraction of sp³-hybridized carbons (Fsp3) is 1.00. The molecule has 0 amide bonds. The predicted octanol–water partition coefficient (Wildman–Crippen LogP) is 3.54. The van der Waals surface area contributed by atoms with Crippen LogP contribution in [-0.4, -0.2) is 23.6 Å². The van der Waals surface area contributed by atoms with Crippen molar-refractivity contribution in [1.82, 2.24) is 5.32 Å². The van der Waals surface area contributed by atoms with Gasteiger partial charge in [0.1, 0.15) is 0 Å². The first-order chi connectivity index (χ1) is 7.19. The summed E-state index contributed by atoms with van der Waals surface area (Å²) in [4.78, 5) is 0. The molecular formula is C13H27NS. The molecule has 1 fully saturated rings. The summed E-state index contributed by atoms with van der Waals surface area (Å²) >= 11 is 2.19. The summed E-state index contributed by atoms with van der Waals surface area (Å²) in [5.41, 5.74) is 0. The van der Waals surface area contributed by atoms with E-state index in [9.17, 15) is 0 Å². The van der Waals surface area contributed by atoms with Crippen molar-refractivity contribution in [3.05, 3.63) is 0 Å². The number of rotatable bonds is 5. The lowest BCUT2D eigenvalue weighted by Crippen LogP contribution is -2.46. The van der Waals surface area contributed by atoms with E-state index in [1.54, 1.807) is 0 Å². The molecule has 4 atom stereocenters. The third-order valence-electron chi connectivity index (χ3n) is 3.37. The number of thioether (sulfide) groups is 1. The monoisotopic (exact) mass is 229 g/mol. The van der Waals surface area contributed by atoms with Crippen LogP contribution in [-0.2, 0) is 0 Å². The van der Waals surface area contributed by atoms with Crippen LogP contribution in [0.25, 0.3) is 0 Å². The second-order valence-corrected chi connectivity index (χ2v) is 6.34. The SMILES string of the molecule is CCCSC1C(C)CC(C)CC1NCC. The second kappa shape index (κ2) is 6.80. The summed E-state index contributed by atoms with van der Waals surface area (Å²) in [6.07, 6.45) is 4.10. The molecule has 0 aliphatic heterocycles. The van der Waals surface area contributed by atoms with E-state index in [0.717, 1.165) is 29.7 Å². The van der Waals surface area contributed by atoms with Crippen LogP contribution in [0.1, 0.15) is 47.0 Å². The van der Waals surface area contributed by atoms with E-state index in [4.69, 9.17) is 0 Å². The van der Waals surface area contributed by atoms with Crippen LogP contribution in [0.5, 0.6) is 0 Å². The van der Waals surface area contributed by atoms with Gasteiger partial charge in [-0.3, -0.25) is 0 Å². The van der Waals surface area contributed by atoms with Crippen molar-refractivity contribution in [3.8, 4) is 0 Å². The average molecular weight is 229 g/mol. The number of nitrogens with one attached hydrogen (secondary N) is 1. The fourth-order valence-electron chi connectivity index (χ4n) is 2.83. The molecule has 1 N–H and O–H groups in total. The van der Waals surface area contributed by atoms with E-state index in [1.807, 2.05) is 0 Å². The van der Waals surface area contributed by atoms with Gasteiger partial charge in [0.25, 0.3) is 0 Å². The maximum Gasteiger partial charge on any atom is 0.0226 e. The van der Waals surface area contributed by atoms with Gasteiger partial charge in [0.2, 0.25) is 0 Å². The van der Waals surface area contributed by atoms with E-state index in [1.165, 1.54) is 25.0 Å². The highest BCUT2D eigenvalue weighted by Crippen LogP contribution is 2.36. The lowest BCUT2D eigenvalue weighted by molar-refractivity contribution is 0.251. The molecule has 4 unspecified atom stereocenters. The Bertz CT molecular complexity index is 172. The van der Waals surface area contributed by atoms with Gasteiger partial charge in [0, 0.05) is 11.3 Å². The van der Waals surface area contributed by atoms with Crippen LogP contribution in [0.4, 0.5) is 0 Å². The van der Waals surface area contributed by atoms with Gasteiger partial charge >= 0.3 is 0 Å². The van der Waals surface area contributed by atoms with E-state index in [-0.39, 0.29) is 0 Å². The lowest BCUT2D eigenvalue weighted by atomic mass is 9.80. The Balaban J connectivity index is 2.51. The van der Waals surface area contributed by atoms with Gasteiger partial charge in [-0.15, -0.1) is 0 Å². The third kappa shape index (κ3) is 3.99. The molecule has 0 saturated heterocycles. The highest BCUT2D eigenvalue weighted by molar-refractivity contribution is 7.99. The summed E-state index contributed by atoms with van der Waals surface area (Å²) < 4.78 is 0. The summed E-state index contributed by atoms with van der Waals surface area (Å²) in [6.45, 7) is 10.5. The summed E-state index contributed by atoms with van der Waals surface area (Å²) in [7, 11) is 0. The quantitative estimate of drug-likeness (QED) is 0.774. The number of hydrogen-bond donors (Lipinski definition) is 1. The van der Waals surface area contributed by atoms with Crippen molar-refractivity contribution in [2.24, 2.45) is 11.8 Å². The molecule has 1 nitrogen and oxygen atoms in total. The van der Waals surface area contributed by atoms with Crippen LogP contribution in [0.2, 0.25) is 0 Å². The van der Waals surface area contributed by atoms with Crippen LogP contribution in [0.3, 0.4) is 0 Å². The molecule has 1 aliphatic rings. The maximum absolute atomic E-state index is 3.68. The van der Waals surface area contributed by atoms with E-state index < -0.39 is 0 Å². The van der Waals surface area contributed by atoms with Gasteiger partial charge < -0.3 is 5.32 Å². The van der Waals surface area contributed by atoms with E-state index in [2.05, 4.69) is 44.8 Å². The molecule has 0 radical (unpaired) electrons. The topological polar surface area (TPSA) is 12.0 Å². The molecule has 0 aromatic carbocycles. The minimum absolute atomic E-state index is 0.755. The molecule has 1 aliphatic carbocycles. The maximum atomic E-state index is 3.68. The predicted molar refractivity (Wildman–Crippen MR) is 71.6 cm³/mol. The van der Waals surface area contributed by atoms with Crippen molar-refractivity contribution < 1.29 is 0 Å². The van der Waals surface area contributed by atoms with Crippen molar-refractivity contribution >= 4 is 11.8 Å². The highest BCUT2D eigenvalue weighted by Gasteiger charge is 2.33. The van der Waals surface area contributed by atoms with Gasteiger partial charge in [-0.1, -0.05) is 27.7 Å². The molecule has 90 valence electrons. The van der Waals surface area contributed by atoms with Crippen molar-refractivity contribution in [3.63, 3.8) is 0 Å². The summed E-state index contributed by atoms with van der Waals surface area (Å²) in [6, 6.07) is 0.755.